The fraction of sp³-hybridized carbons (Fsp3) is 0.562. The monoisotopic (exact) mass is 346 g/mol. The van der Waals surface area contributed by atoms with Gasteiger partial charge in [-0.15, -0.1) is 13.2 Å². The van der Waals surface area contributed by atoms with Gasteiger partial charge in [0.15, 0.2) is 0 Å². The van der Waals surface area contributed by atoms with Crippen LogP contribution < -0.4 is 10.5 Å². The number of nitrogens with two attached hydrogens (primary N) is 1. The highest BCUT2D eigenvalue weighted by Gasteiger charge is 2.36. The van der Waals surface area contributed by atoms with Gasteiger partial charge in [-0.2, -0.15) is 0 Å². The van der Waals surface area contributed by atoms with E-state index in [1.54, 1.807) is 20.8 Å². The summed E-state index contributed by atoms with van der Waals surface area (Å²) in [5, 5.41) is 0. The van der Waals surface area contributed by atoms with Crippen LogP contribution in [-0.4, -0.2) is 42.1 Å². The van der Waals surface area contributed by atoms with Gasteiger partial charge in [0.1, 0.15) is 11.4 Å². The van der Waals surface area contributed by atoms with E-state index in [1.165, 1.54) is 29.2 Å². The van der Waals surface area contributed by atoms with Crippen molar-refractivity contribution in [1.29, 1.82) is 0 Å². The maximum Gasteiger partial charge on any atom is 0.573 e. The van der Waals surface area contributed by atoms with E-state index in [0.717, 1.165) is 5.56 Å². The Hall–Kier alpha value is -1.96. The zero-order valence-electron chi connectivity index (χ0n) is 13.8. The van der Waals surface area contributed by atoms with Crippen LogP contribution in [0.15, 0.2) is 24.3 Å². The number of alkyl halides is 3. The van der Waals surface area contributed by atoms with Crippen molar-refractivity contribution in [3.63, 3.8) is 0 Å². The molecule has 1 fully saturated rings. The first-order chi connectivity index (χ1) is 10.9. The molecule has 1 amide bonds. The number of benzene rings is 1. The minimum atomic E-state index is -4.72. The summed E-state index contributed by atoms with van der Waals surface area (Å²) in [6.45, 7) is 6.02. The predicted octanol–water partition coefficient (Wildman–Crippen LogP) is 3.25. The number of ether oxygens (including phenoxy) is 2. The first-order valence-corrected chi connectivity index (χ1v) is 7.54. The Morgan fingerprint density at radius 2 is 1.75 bits per heavy atom. The second-order valence-corrected chi connectivity index (χ2v) is 6.77. The van der Waals surface area contributed by atoms with E-state index in [1.807, 2.05) is 0 Å². The molecule has 0 spiro atoms. The van der Waals surface area contributed by atoms with E-state index in [9.17, 15) is 18.0 Å². The van der Waals surface area contributed by atoms with Crippen molar-refractivity contribution in [2.24, 2.45) is 5.73 Å². The number of rotatable bonds is 2. The Balaban J connectivity index is 2.03. The van der Waals surface area contributed by atoms with Crippen molar-refractivity contribution in [2.45, 2.75) is 44.7 Å². The molecule has 8 heteroatoms. The van der Waals surface area contributed by atoms with E-state index in [2.05, 4.69) is 4.74 Å². The van der Waals surface area contributed by atoms with Crippen molar-refractivity contribution in [1.82, 2.24) is 4.90 Å². The third-order valence-electron chi connectivity index (χ3n) is 3.56. The van der Waals surface area contributed by atoms with E-state index >= 15 is 0 Å². The van der Waals surface area contributed by atoms with Gasteiger partial charge in [0.05, 0.1) is 0 Å². The van der Waals surface area contributed by atoms with Crippen molar-refractivity contribution in [3.8, 4) is 5.75 Å². The Bertz CT molecular complexity index is 582. The second kappa shape index (κ2) is 6.51. The van der Waals surface area contributed by atoms with Crippen molar-refractivity contribution < 1.29 is 27.4 Å². The Labute approximate surface area is 138 Å². The quantitative estimate of drug-likeness (QED) is 0.893. The molecule has 1 aromatic carbocycles. The maximum absolute atomic E-state index is 12.2. The predicted molar refractivity (Wildman–Crippen MR) is 81.6 cm³/mol. The van der Waals surface area contributed by atoms with Crippen LogP contribution in [0.2, 0.25) is 0 Å². The lowest BCUT2D eigenvalue weighted by Crippen LogP contribution is -2.36. The number of hydrogen-bond acceptors (Lipinski definition) is 4. The summed E-state index contributed by atoms with van der Waals surface area (Å²) >= 11 is 0. The van der Waals surface area contributed by atoms with E-state index in [4.69, 9.17) is 10.5 Å². The fourth-order valence-electron chi connectivity index (χ4n) is 2.57. The van der Waals surface area contributed by atoms with Crippen LogP contribution >= 0.6 is 0 Å². The number of carbonyl (C=O) groups excluding carboxylic acids is 1. The van der Waals surface area contributed by atoms with Crippen LogP contribution in [0.1, 0.15) is 32.3 Å². The van der Waals surface area contributed by atoms with Gasteiger partial charge < -0.3 is 20.1 Å². The summed E-state index contributed by atoms with van der Waals surface area (Å²) in [6.07, 6.45) is -5.17. The first-order valence-electron chi connectivity index (χ1n) is 7.54. The fourth-order valence-corrected chi connectivity index (χ4v) is 2.57. The molecule has 0 unspecified atom stereocenters. The highest BCUT2D eigenvalue weighted by molar-refractivity contribution is 5.69. The van der Waals surface area contributed by atoms with Crippen LogP contribution in [0.4, 0.5) is 18.0 Å². The van der Waals surface area contributed by atoms with Gasteiger partial charge in [-0.25, -0.2) is 4.79 Å². The first kappa shape index (κ1) is 18.4. The summed E-state index contributed by atoms with van der Waals surface area (Å²) in [5.74, 6) is -0.459. The Kier molecular flexibility index (Phi) is 4.98. The molecular formula is C16H21F3N2O3. The summed E-state index contributed by atoms with van der Waals surface area (Å²) in [4.78, 5) is 13.6. The van der Waals surface area contributed by atoms with Crippen LogP contribution in [0.25, 0.3) is 0 Å². The molecule has 1 aromatic rings. The molecule has 0 aliphatic carbocycles. The number of hydrogen-bond donors (Lipinski definition) is 1. The second-order valence-electron chi connectivity index (χ2n) is 6.77. The third kappa shape index (κ3) is 5.02. The van der Waals surface area contributed by atoms with Gasteiger partial charge in [-0.1, -0.05) is 12.1 Å². The summed E-state index contributed by atoms with van der Waals surface area (Å²) < 4.78 is 45.7. The average molecular weight is 346 g/mol. The lowest BCUT2D eigenvalue weighted by atomic mass is 9.95. The highest BCUT2D eigenvalue weighted by Crippen LogP contribution is 2.30. The smallest absolute Gasteiger partial charge is 0.444 e. The lowest BCUT2D eigenvalue weighted by Gasteiger charge is -2.24. The molecule has 24 heavy (non-hydrogen) atoms. The summed E-state index contributed by atoms with van der Waals surface area (Å²) in [6, 6.07) is 5.23. The van der Waals surface area contributed by atoms with Gasteiger partial charge in [0.2, 0.25) is 0 Å². The number of likely N-dealkylation sites (tertiary alicyclic amines) is 1. The highest BCUT2D eigenvalue weighted by atomic mass is 19.4. The van der Waals surface area contributed by atoms with Crippen molar-refractivity contribution in [2.75, 3.05) is 13.1 Å². The standard InChI is InChI=1S/C16H21F3N2O3/c1-15(2,3)24-14(22)21-8-12(13(20)9-21)10-4-6-11(7-5-10)23-16(17,18)19/h4-7,12-13H,8-9,20H2,1-3H3/t12-,13+/m1/s1. The van der Waals surface area contributed by atoms with Gasteiger partial charge in [0.25, 0.3) is 0 Å². The topological polar surface area (TPSA) is 64.8 Å². The van der Waals surface area contributed by atoms with E-state index < -0.39 is 18.1 Å². The third-order valence-corrected chi connectivity index (χ3v) is 3.56. The summed E-state index contributed by atoms with van der Waals surface area (Å²) in [7, 11) is 0. The van der Waals surface area contributed by atoms with Gasteiger partial charge in [-0.3, -0.25) is 0 Å². The molecule has 0 aromatic heterocycles. The van der Waals surface area contributed by atoms with Crippen LogP contribution in [-0.2, 0) is 4.74 Å². The van der Waals surface area contributed by atoms with E-state index in [0.29, 0.717) is 13.1 Å². The summed E-state index contributed by atoms with van der Waals surface area (Å²) in [5.41, 5.74) is 6.23. The Morgan fingerprint density at radius 3 is 2.25 bits per heavy atom. The molecule has 1 aliphatic heterocycles. The molecule has 1 saturated heterocycles. The van der Waals surface area contributed by atoms with Gasteiger partial charge in [0, 0.05) is 25.0 Å². The number of carbonyl (C=O) groups is 1. The van der Waals surface area contributed by atoms with Gasteiger partial charge in [-0.05, 0) is 38.5 Å². The molecule has 0 radical (unpaired) electrons. The molecule has 134 valence electrons. The minimum Gasteiger partial charge on any atom is -0.444 e. The van der Waals surface area contributed by atoms with Crippen molar-refractivity contribution in [3.05, 3.63) is 29.8 Å². The van der Waals surface area contributed by atoms with E-state index in [-0.39, 0.29) is 17.7 Å². The zero-order valence-corrected chi connectivity index (χ0v) is 13.8. The molecule has 1 aliphatic rings. The average Bonchev–Trinajstić information content (AvgIpc) is 2.78. The molecule has 0 saturated carbocycles. The Morgan fingerprint density at radius 1 is 1.17 bits per heavy atom. The molecule has 2 rings (SSSR count). The molecule has 2 N–H and O–H groups in total. The van der Waals surface area contributed by atoms with Crippen LogP contribution in [0.5, 0.6) is 5.75 Å². The van der Waals surface area contributed by atoms with Crippen LogP contribution in [0, 0.1) is 0 Å². The number of amides is 1. The van der Waals surface area contributed by atoms with Crippen molar-refractivity contribution >= 4 is 6.09 Å². The normalized spacial score (nSPS) is 21.7. The maximum atomic E-state index is 12.2. The minimum absolute atomic E-state index is 0.169. The largest absolute Gasteiger partial charge is 0.573 e. The van der Waals surface area contributed by atoms with Gasteiger partial charge >= 0.3 is 12.5 Å². The zero-order chi connectivity index (χ0) is 18.1. The van der Waals surface area contributed by atoms with Crippen LogP contribution in [0.3, 0.4) is 0 Å². The molecular weight excluding hydrogens is 325 g/mol. The lowest BCUT2D eigenvalue weighted by molar-refractivity contribution is -0.274. The molecule has 1 heterocycles. The SMILES string of the molecule is CC(C)(C)OC(=O)N1C[C@H](c2ccc(OC(F)(F)F)cc2)[C@@H](N)C1. The molecule has 5 nitrogen and oxygen atoms in total. The number of halogens is 3. The molecule has 2 atom stereocenters. The molecule has 0 bridgehead atoms. The number of nitrogens with zero attached hydrogens (tertiary/aromatic N) is 1.